The van der Waals surface area contributed by atoms with Crippen LogP contribution in [0.4, 0.5) is 11.6 Å². The second-order valence-corrected chi connectivity index (χ2v) is 2.15. The highest BCUT2D eigenvalue weighted by molar-refractivity contribution is 6.10. The maximum absolute atomic E-state index is 10.4. The van der Waals surface area contributed by atoms with E-state index in [0.29, 0.717) is 0 Å². The summed E-state index contributed by atoms with van der Waals surface area (Å²) in [6.45, 7) is 0. The van der Waals surface area contributed by atoms with Crippen LogP contribution in [-0.4, -0.2) is 20.6 Å². The molecule has 0 amide bonds. The third-order valence-corrected chi connectivity index (χ3v) is 1.29. The molecule has 1 aromatic heterocycles. The summed E-state index contributed by atoms with van der Waals surface area (Å²) in [5, 5.41) is 30.3. The zero-order valence-electron chi connectivity index (χ0n) is 7.13. The third kappa shape index (κ3) is 2.26. The van der Waals surface area contributed by atoms with E-state index in [0.717, 1.165) is 6.33 Å². The molecule has 1 rings (SSSR count). The van der Waals surface area contributed by atoms with Gasteiger partial charge in [-0.1, -0.05) is 0 Å². The maximum Gasteiger partial charge on any atom is 0.366 e. The van der Waals surface area contributed by atoms with Gasteiger partial charge in [-0.2, -0.15) is 20.6 Å². The van der Waals surface area contributed by atoms with Crippen LogP contribution in [0.3, 0.4) is 0 Å². The van der Waals surface area contributed by atoms with Crippen LogP contribution in [0.1, 0.15) is 0 Å². The average molecular weight is 205 g/mol. The van der Waals surface area contributed by atoms with E-state index < -0.39 is 16.5 Å². The molecule has 0 fully saturated rings. The Hall–Kier alpha value is -2.94. The summed E-state index contributed by atoms with van der Waals surface area (Å²) in [6, 6.07) is 2.96. The number of hydrazone groups is 1. The largest absolute Gasteiger partial charge is 0.366 e. The van der Waals surface area contributed by atoms with Gasteiger partial charge in [-0.25, -0.2) is 4.98 Å². The second kappa shape index (κ2) is 4.34. The van der Waals surface area contributed by atoms with E-state index in [1.807, 2.05) is 0 Å². The van der Waals surface area contributed by atoms with Crippen molar-refractivity contribution in [3.63, 3.8) is 0 Å². The smallest absolute Gasteiger partial charge is 0.358 e. The number of H-pyrrole nitrogens is 1. The van der Waals surface area contributed by atoms with Crippen LogP contribution < -0.4 is 5.43 Å². The van der Waals surface area contributed by atoms with Crippen LogP contribution in [0.15, 0.2) is 11.4 Å². The normalized spacial score (nSPS) is 8.40. The molecule has 1 aromatic rings. The number of anilines is 1. The van der Waals surface area contributed by atoms with Gasteiger partial charge in [0.2, 0.25) is 11.5 Å². The summed E-state index contributed by atoms with van der Waals surface area (Å²) in [5.41, 5.74) is 1.68. The Kier molecular flexibility index (Phi) is 2.93. The molecule has 0 aromatic carbocycles. The van der Waals surface area contributed by atoms with E-state index in [9.17, 15) is 10.1 Å². The highest BCUT2D eigenvalue weighted by Gasteiger charge is 2.14. The van der Waals surface area contributed by atoms with Crippen molar-refractivity contribution in [2.24, 2.45) is 5.10 Å². The standard InChI is InChI=1S/C6H3N7O2/c7-1-4(2-8)11-12-5-6(13(14)15)10-3-9-5/h3,12H,(H,9,10). The van der Waals surface area contributed by atoms with Crippen molar-refractivity contribution in [1.29, 1.82) is 10.5 Å². The van der Waals surface area contributed by atoms with Crippen LogP contribution in [-0.2, 0) is 0 Å². The predicted octanol–water partition coefficient (Wildman–Crippen LogP) is 0.133. The first-order chi connectivity index (χ1) is 7.19. The predicted molar refractivity (Wildman–Crippen MR) is 47.5 cm³/mol. The SMILES string of the molecule is N#CC(C#N)=NNc1nc[nH]c1[N+](=O)[O-]. The molecule has 0 saturated carbocycles. The van der Waals surface area contributed by atoms with Gasteiger partial charge < -0.3 is 10.1 Å². The van der Waals surface area contributed by atoms with Crippen LogP contribution in [0.5, 0.6) is 0 Å². The fourth-order valence-corrected chi connectivity index (χ4v) is 0.692. The minimum absolute atomic E-state index is 0.164. The van der Waals surface area contributed by atoms with E-state index in [-0.39, 0.29) is 5.82 Å². The quantitative estimate of drug-likeness (QED) is 0.407. The molecule has 0 unspecified atom stereocenters. The second-order valence-electron chi connectivity index (χ2n) is 2.15. The van der Waals surface area contributed by atoms with Crippen molar-refractivity contribution in [3.05, 3.63) is 16.4 Å². The van der Waals surface area contributed by atoms with Gasteiger partial charge in [0.1, 0.15) is 12.1 Å². The molecule has 0 radical (unpaired) electrons. The summed E-state index contributed by atoms with van der Waals surface area (Å²) in [7, 11) is 0. The number of hydrogen-bond acceptors (Lipinski definition) is 7. The van der Waals surface area contributed by atoms with Crippen LogP contribution >= 0.6 is 0 Å². The topological polar surface area (TPSA) is 144 Å². The molecule has 0 aliphatic rings. The molecule has 1 heterocycles. The van der Waals surface area contributed by atoms with Gasteiger partial charge in [0, 0.05) is 0 Å². The van der Waals surface area contributed by atoms with Gasteiger partial charge in [0.15, 0.2) is 6.33 Å². The maximum atomic E-state index is 10.4. The van der Waals surface area contributed by atoms with Gasteiger partial charge >= 0.3 is 5.82 Å². The first kappa shape index (κ1) is 10.1. The molecule has 0 atom stereocenters. The Morgan fingerprint density at radius 3 is 2.87 bits per heavy atom. The molecule has 0 saturated heterocycles. The van der Waals surface area contributed by atoms with Crippen molar-refractivity contribution in [2.45, 2.75) is 0 Å². The van der Waals surface area contributed by atoms with E-state index in [1.54, 1.807) is 0 Å². The van der Waals surface area contributed by atoms with Gasteiger partial charge in [0.05, 0.1) is 0 Å². The average Bonchev–Trinajstić information content (AvgIpc) is 2.67. The highest BCUT2D eigenvalue weighted by atomic mass is 16.6. The van der Waals surface area contributed by atoms with Gasteiger partial charge in [-0.3, -0.25) is 5.43 Å². The Balaban J connectivity index is 2.88. The van der Waals surface area contributed by atoms with Crippen molar-refractivity contribution >= 4 is 17.3 Å². The number of rotatable bonds is 3. The Bertz CT molecular complexity index is 472. The number of aromatic amines is 1. The summed E-state index contributed by atoms with van der Waals surface area (Å²) in [6.07, 6.45) is 1.09. The molecular weight excluding hydrogens is 202 g/mol. The molecule has 9 heteroatoms. The van der Waals surface area contributed by atoms with Crippen LogP contribution in [0, 0.1) is 32.8 Å². The molecule has 2 N–H and O–H groups in total. The number of hydrogen-bond donors (Lipinski definition) is 2. The molecule has 0 bridgehead atoms. The third-order valence-electron chi connectivity index (χ3n) is 1.29. The Morgan fingerprint density at radius 2 is 2.33 bits per heavy atom. The fraction of sp³-hybridized carbons (Fsp3) is 0. The molecular formula is C6H3N7O2. The number of nitrogens with zero attached hydrogens (tertiary/aromatic N) is 5. The van der Waals surface area contributed by atoms with Crippen molar-refractivity contribution < 1.29 is 4.92 Å². The first-order valence-electron chi connectivity index (χ1n) is 3.50. The van der Waals surface area contributed by atoms with E-state index in [4.69, 9.17) is 10.5 Å². The lowest BCUT2D eigenvalue weighted by molar-refractivity contribution is -0.388. The minimum Gasteiger partial charge on any atom is -0.358 e. The van der Waals surface area contributed by atoms with Crippen molar-refractivity contribution in [1.82, 2.24) is 9.97 Å². The van der Waals surface area contributed by atoms with Gasteiger partial charge in [-0.05, 0) is 4.92 Å². The van der Waals surface area contributed by atoms with Crippen LogP contribution in [0.2, 0.25) is 0 Å². The van der Waals surface area contributed by atoms with E-state index in [2.05, 4.69) is 20.5 Å². The molecule has 74 valence electrons. The molecule has 0 aliphatic carbocycles. The van der Waals surface area contributed by atoms with Crippen molar-refractivity contribution in [2.75, 3.05) is 5.43 Å². The van der Waals surface area contributed by atoms with Crippen molar-refractivity contribution in [3.8, 4) is 12.1 Å². The number of imidazole rings is 1. The fourth-order valence-electron chi connectivity index (χ4n) is 0.692. The molecule has 9 nitrogen and oxygen atoms in total. The monoisotopic (exact) mass is 205 g/mol. The number of nitro groups is 1. The molecule has 0 spiro atoms. The molecule has 0 aliphatic heterocycles. The van der Waals surface area contributed by atoms with E-state index >= 15 is 0 Å². The molecule has 15 heavy (non-hydrogen) atoms. The number of nitriles is 2. The number of aromatic nitrogens is 2. The summed E-state index contributed by atoms with van der Waals surface area (Å²) in [5.74, 6) is -0.558. The Labute approximate surface area is 82.8 Å². The van der Waals surface area contributed by atoms with Gasteiger partial charge in [-0.15, -0.1) is 0 Å². The highest BCUT2D eigenvalue weighted by Crippen LogP contribution is 2.17. The summed E-state index contributed by atoms with van der Waals surface area (Å²) in [4.78, 5) is 15.5. The summed E-state index contributed by atoms with van der Waals surface area (Å²) >= 11 is 0. The minimum atomic E-state index is -0.705. The Morgan fingerprint density at radius 1 is 1.67 bits per heavy atom. The summed E-state index contributed by atoms with van der Waals surface area (Å²) < 4.78 is 0. The zero-order chi connectivity index (χ0) is 11.3. The van der Waals surface area contributed by atoms with E-state index in [1.165, 1.54) is 12.1 Å². The zero-order valence-corrected chi connectivity index (χ0v) is 7.13. The lowest BCUT2D eigenvalue weighted by Gasteiger charge is -1.94. The first-order valence-corrected chi connectivity index (χ1v) is 3.50. The lowest BCUT2D eigenvalue weighted by atomic mass is 10.5. The van der Waals surface area contributed by atoms with Gasteiger partial charge in [0.25, 0.3) is 0 Å². The number of nitrogens with one attached hydrogen (secondary N) is 2. The lowest BCUT2D eigenvalue weighted by Crippen LogP contribution is -1.99. The van der Waals surface area contributed by atoms with Crippen LogP contribution in [0.25, 0.3) is 0 Å².